The fraction of sp³-hybridized carbons (Fsp3) is 0.458. The van der Waals surface area contributed by atoms with Crippen LogP contribution < -0.4 is 5.32 Å². The van der Waals surface area contributed by atoms with Crippen molar-refractivity contribution in [2.45, 2.75) is 63.5 Å². The first-order valence-electron chi connectivity index (χ1n) is 12.3. The average Bonchev–Trinajstić information content (AvgIpc) is 3.29. The molecule has 204 valence electrons. The Kier molecular flexibility index (Phi) is 5.72. The van der Waals surface area contributed by atoms with Gasteiger partial charge in [0.1, 0.15) is 26.9 Å². The van der Waals surface area contributed by atoms with Crippen molar-refractivity contribution < 1.29 is 26.7 Å². The topological polar surface area (TPSA) is 111 Å². The molecule has 0 spiro atoms. The van der Waals surface area contributed by atoms with Crippen molar-refractivity contribution in [3.05, 3.63) is 45.6 Å². The third kappa shape index (κ3) is 3.96. The molecule has 0 aromatic carbocycles. The highest BCUT2D eigenvalue weighted by Gasteiger charge is 2.61. The monoisotopic (exact) mass is 564 g/mol. The van der Waals surface area contributed by atoms with Gasteiger partial charge in [0.2, 0.25) is 5.91 Å². The van der Waals surface area contributed by atoms with Gasteiger partial charge in [0.05, 0.1) is 5.69 Å². The van der Waals surface area contributed by atoms with E-state index in [0.717, 1.165) is 17.8 Å². The average molecular weight is 565 g/mol. The lowest BCUT2D eigenvalue weighted by Gasteiger charge is -2.25. The van der Waals surface area contributed by atoms with E-state index in [2.05, 4.69) is 35.5 Å². The first-order valence-corrected chi connectivity index (χ1v) is 13.1. The maximum Gasteiger partial charge on any atom is 0.453 e. The molecular weight excluding hydrogens is 543 g/mol. The molecule has 1 fully saturated rings. The van der Waals surface area contributed by atoms with E-state index in [1.165, 1.54) is 34.3 Å². The van der Waals surface area contributed by atoms with Crippen molar-refractivity contribution in [2.75, 3.05) is 5.32 Å². The summed E-state index contributed by atoms with van der Waals surface area (Å²) in [6, 6.07) is 0. The third-order valence-corrected chi connectivity index (χ3v) is 8.34. The van der Waals surface area contributed by atoms with Crippen LogP contribution in [0.5, 0.6) is 0 Å². The summed E-state index contributed by atoms with van der Waals surface area (Å²) in [5, 5.41) is 12.9. The molecule has 1 saturated carbocycles. The zero-order valence-electron chi connectivity index (χ0n) is 20.7. The number of hydrogen-bond acceptors (Lipinski definition) is 8. The van der Waals surface area contributed by atoms with Crippen molar-refractivity contribution >= 4 is 28.7 Å². The predicted molar refractivity (Wildman–Crippen MR) is 129 cm³/mol. The van der Waals surface area contributed by atoms with Crippen molar-refractivity contribution in [1.29, 1.82) is 0 Å². The molecule has 0 saturated heterocycles. The predicted octanol–water partition coefficient (Wildman–Crippen LogP) is 4.69. The number of halogens is 5. The minimum atomic E-state index is -5.67. The highest BCUT2D eigenvalue weighted by Crippen LogP contribution is 2.57. The van der Waals surface area contributed by atoms with Gasteiger partial charge in [-0.05, 0) is 38.5 Å². The molecule has 1 atom stereocenters. The van der Waals surface area contributed by atoms with E-state index in [1.54, 1.807) is 6.92 Å². The van der Waals surface area contributed by atoms with Crippen LogP contribution in [0.2, 0.25) is 0 Å². The van der Waals surface area contributed by atoms with E-state index in [9.17, 15) is 26.7 Å². The van der Waals surface area contributed by atoms with E-state index in [1.807, 2.05) is 6.92 Å². The van der Waals surface area contributed by atoms with E-state index in [4.69, 9.17) is 0 Å². The van der Waals surface area contributed by atoms with Gasteiger partial charge >= 0.3 is 12.1 Å². The molecule has 6 rings (SSSR count). The Morgan fingerprint density at radius 3 is 2.59 bits per heavy atom. The van der Waals surface area contributed by atoms with Gasteiger partial charge in [-0.1, -0.05) is 6.92 Å². The SMILES string of the molecule is CCc1nnc(C2(C3CC3)C(=O)Nc3nc(-c4cn5ccnc5c(CCC(F)(F)C(F)(F)F)n4)nc(C)c32)s1. The van der Waals surface area contributed by atoms with E-state index in [0.29, 0.717) is 28.5 Å². The molecule has 0 bridgehead atoms. The summed E-state index contributed by atoms with van der Waals surface area (Å²) in [6.07, 6.45) is -1.07. The summed E-state index contributed by atoms with van der Waals surface area (Å²) in [7, 11) is 0. The second-order valence-electron chi connectivity index (χ2n) is 9.68. The molecule has 2 aliphatic rings. The van der Waals surface area contributed by atoms with Crippen molar-refractivity contribution in [1.82, 2.24) is 34.5 Å². The molecule has 9 nitrogen and oxygen atoms in total. The van der Waals surface area contributed by atoms with Gasteiger partial charge < -0.3 is 9.72 Å². The Morgan fingerprint density at radius 2 is 1.92 bits per heavy atom. The summed E-state index contributed by atoms with van der Waals surface area (Å²) < 4.78 is 67.0. The molecule has 5 heterocycles. The quantitative estimate of drug-likeness (QED) is 0.325. The van der Waals surface area contributed by atoms with Crippen molar-refractivity contribution in [2.24, 2.45) is 5.92 Å². The largest absolute Gasteiger partial charge is 0.453 e. The number of amides is 1. The lowest BCUT2D eigenvalue weighted by Crippen LogP contribution is -2.38. The van der Waals surface area contributed by atoms with Crippen molar-refractivity contribution in [3.8, 4) is 11.5 Å². The first-order chi connectivity index (χ1) is 18.5. The maximum atomic E-state index is 13.7. The molecule has 15 heteroatoms. The molecule has 1 N–H and O–H groups in total. The number of nitrogens with one attached hydrogen (secondary N) is 1. The summed E-state index contributed by atoms with van der Waals surface area (Å²) in [4.78, 5) is 31.1. The number of hydrogen-bond donors (Lipinski definition) is 1. The lowest BCUT2D eigenvalue weighted by atomic mass is 9.77. The molecule has 1 unspecified atom stereocenters. The Labute approximate surface area is 221 Å². The Balaban J connectivity index is 1.43. The van der Waals surface area contributed by atoms with Crippen LogP contribution in [-0.4, -0.2) is 52.5 Å². The van der Waals surface area contributed by atoms with Crippen LogP contribution >= 0.6 is 11.3 Å². The van der Waals surface area contributed by atoms with Crippen LogP contribution in [0.15, 0.2) is 18.6 Å². The fourth-order valence-electron chi connectivity index (χ4n) is 5.10. The number of aromatic nitrogens is 7. The van der Waals surface area contributed by atoms with Gasteiger partial charge in [0, 0.05) is 36.3 Å². The molecule has 39 heavy (non-hydrogen) atoms. The Hall–Kier alpha value is -3.62. The van der Waals surface area contributed by atoms with Crippen LogP contribution in [0, 0.1) is 12.8 Å². The zero-order chi connectivity index (χ0) is 27.7. The Morgan fingerprint density at radius 1 is 1.15 bits per heavy atom. The zero-order valence-corrected chi connectivity index (χ0v) is 21.5. The maximum absolute atomic E-state index is 13.7. The minimum absolute atomic E-state index is 0.0203. The summed E-state index contributed by atoms with van der Waals surface area (Å²) in [5.41, 5.74) is 0.301. The number of nitrogens with zero attached hydrogens (tertiary/aromatic N) is 7. The van der Waals surface area contributed by atoms with E-state index < -0.39 is 30.4 Å². The number of rotatable bonds is 7. The Bertz CT molecular complexity index is 1610. The molecular formula is C24H21F5N8OS. The summed E-state index contributed by atoms with van der Waals surface area (Å²) in [6.45, 7) is 3.70. The number of imidazole rings is 1. The molecule has 1 aliphatic heterocycles. The molecule has 1 amide bonds. The second-order valence-corrected chi connectivity index (χ2v) is 10.7. The smallest absolute Gasteiger partial charge is 0.309 e. The van der Waals surface area contributed by atoms with Crippen LogP contribution in [0.4, 0.5) is 27.8 Å². The van der Waals surface area contributed by atoms with Gasteiger partial charge in [-0.25, -0.2) is 19.9 Å². The van der Waals surface area contributed by atoms with Crippen LogP contribution in [0.3, 0.4) is 0 Å². The van der Waals surface area contributed by atoms with E-state index in [-0.39, 0.29) is 34.7 Å². The first kappa shape index (κ1) is 25.6. The molecule has 4 aromatic heterocycles. The normalized spacial score (nSPS) is 19.5. The summed E-state index contributed by atoms with van der Waals surface area (Å²) in [5.74, 6) is -4.74. The highest BCUT2D eigenvalue weighted by atomic mass is 32.1. The van der Waals surface area contributed by atoms with Gasteiger partial charge in [-0.2, -0.15) is 22.0 Å². The van der Waals surface area contributed by atoms with E-state index >= 15 is 0 Å². The standard InChI is InChI=1S/C24H21F5N8OS/c1-3-15-35-36-21(39-15)23(12-4-5-12)16-11(2)31-17(33-18(16)34-20(23)38)14-10-37-9-8-30-19(37)13(32-14)6-7-22(25,26)24(27,28)29/h8-10,12H,3-7H2,1-2H3,(H,31,33,34,38). The highest BCUT2D eigenvalue weighted by molar-refractivity contribution is 7.11. The van der Waals surface area contributed by atoms with Crippen molar-refractivity contribution in [3.63, 3.8) is 0 Å². The number of fused-ring (bicyclic) bond motifs is 2. The molecule has 1 aliphatic carbocycles. The number of carbonyl (C=O) groups is 1. The summed E-state index contributed by atoms with van der Waals surface area (Å²) >= 11 is 1.38. The number of anilines is 1. The number of carbonyl (C=O) groups excluding carboxylic acids is 1. The lowest BCUT2D eigenvalue weighted by molar-refractivity contribution is -0.284. The molecule has 4 aromatic rings. The molecule has 0 radical (unpaired) electrons. The third-order valence-electron chi connectivity index (χ3n) is 7.13. The van der Waals surface area contributed by atoms with Crippen LogP contribution in [0.25, 0.3) is 17.2 Å². The van der Waals surface area contributed by atoms with Crippen LogP contribution in [-0.2, 0) is 23.1 Å². The number of aryl methyl sites for hydroxylation is 3. The minimum Gasteiger partial charge on any atom is -0.309 e. The number of alkyl halides is 5. The van der Waals surface area contributed by atoms with Gasteiger partial charge in [0.15, 0.2) is 11.5 Å². The van der Waals surface area contributed by atoms with Gasteiger partial charge in [-0.3, -0.25) is 4.79 Å². The second kappa shape index (κ2) is 8.69. The van der Waals surface area contributed by atoms with Gasteiger partial charge in [-0.15, -0.1) is 21.5 Å². The van der Waals surface area contributed by atoms with Crippen LogP contribution in [0.1, 0.15) is 53.2 Å². The van der Waals surface area contributed by atoms with Gasteiger partial charge in [0.25, 0.3) is 0 Å². The fourth-order valence-corrected chi connectivity index (χ4v) is 6.15.